The average Bonchev–Trinajstić information content (AvgIpc) is 2.51. The largest absolute Gasteiger partial charge is 0.356 e. The Morgan fingerprint density at radius 2 is 2.26 bits per heavy atom. The van der Waals surface area contributed by atoms with Gasteiger partial charge < -0.3 is 10.6 Å². The molecular weight excluding hydrogens is 376 g/mol. The summed E-state index contributed by atoms with van der Waals surface area (Å²) in [5, 5.41) is 6.58. The van der Waals surface area contributed by atoms with Gasteiger partial charge in [0.25, 0.3) is 0 Å². The average molecular weight is 404 g/mol. The van der Waals surface area contributed by atoms with E-state index in [1.54, 1.807) is 0 Å². The van der Waals surface area contributed by atoms with Gasteiger partial charge in [-0.3, -0.25) is 4.79 Å². The molecule has 1 saturated heterocycles. The van der Waals surface area contributed by atoms with Gasteiger partial charge in [0.15, 0.2) is 0 Å². The molecule has 1 fully saturated rings. The quantitative estimate of drug-likeness (QED) is 0.755. The zero-order chi connectivity index (χ0) is 15.9. The van der Waals surface area contributed by atoms with Gasteiger partial charge in [-0.05, 0) is 56.3 Å². The molecule has 0 aliphatic carbocycles. The Labute approximate surface area is 154 Å². The first-order chi connectivity index (χ1) is 10.6. The Bertz CT molecular complexity index is 498. The number of carbonyl (C=O) groups is 1. The molecule has 1 aliphatic rings. The molecule has 5 heteroatoms. The molecule has 0 saturated carbocycles. The van der Waals surface area contributed by atoms with Crippen LogP contribution in [0.2, 0.25) is 0 Å². The van der Waals surface area contributed by atoms with Crippen molar-refractivity contribution >= 4 is 34.2 Å². The summed E-state index contributed by atoms with van der Waals surface area (Å²) in [6, 6.07) is 8.89. The standard InChI is InChI=1S/C18H27BrN2O.ClH/c1-3-14(10-15-5-4-6-17(19)11-15)12-21-18(22)16-7-8-20-13(2)9-16;/h4-6,11,13-14,16,20H,3,7-10,12H2,1-2H3,(H,21,22);1H/t13-,14?,16-;/m0./s1. The molecule has 1 amide bonds. The minimum absolute atomic E-state index is 0. The fourth-order valence-electron chi connectivity index (χ4n) is 3.12. The van der Waals surface area contributed by atoms with Crippen molar-refractivity contribution in [3.63, 3.8) is 0 Å². The predicted molar refractivity (Wildman–Crippen MR) is 102 cm³/mol. The van der Waals surface area contributed by atoms with Gasteiger partial charge in [0, 0.05) is 23.0 Å². The van der Waals surface area contributed by atoms with Gasteiger partial charge in [-0.15, -0.1) is 12.4 Å². The van der Waals surface area contributed by atoms with E-state index in [0.717, 1.165) is 43.2 Å². The molecule has 3 nitrogen and oxygen atoms in total. The van der Waals surface area contributed by atoms with E-state index in [0.29, 0.717) is 12.0 Å². The van der Waals surface area contributed by atoms with Crippen molar-refractivity contribution in [3.05, 3.63) is 34.3 Å². The zero-order valence-electron chi connectivity index (χ0n) is 14.0. The van der Waals surface area contributed by atoms with E-state index in [2.05, 4.69) is 58.6 Å². The third-order valence-corrected chi connectivity index (χ3v) is 5.04. The van der Waals surface area contributed by atoms with Crippen LogP contribution in [-0.2, 0) is 11.2 Å². The molecule has 2 N–H and O–H groups in total. The Morgan fingerprint density at radius 3 is 2.91 bits per heavy atom. The fraction of sp³-hybridized carbons (Fsp3) is 0.611. The van der Waals surface area contributed by atoms with Crippen LogP contribution in [0.3, 0.4) is 0 Å². The Kier molecular flexibility index (Phi) is 9.18. The number of nitrogens with one attached hydrogen (secondary N) is 2. The second-order valence-corrected chi connectivity index (χ2v) is 7.35. The van der Waals surface area contributed by atoms with Crippen molar-refractivity contribution in [1.29, 1.82) is 0 Å². The molecule has 0 spiro atoms. The van der Waals surface area contributed by atoms with Gasteiger partial charge >= 0.3 is 0 Å². The highest BCUT2D eigenvalue weighted by Crippen LogP contribution is 2.18. The molecule has 23 heavy (non-hydrogen) atoms. The van der Waals surface area contributed by atoms with Crippen molar-refractivity contribution < 1.29 is 4.79 Å². The van der Waals surface area contributed by atoms with Crippen molar-refractivity contribution in [2.45, 2.75) is 45.6 Å². The number of halogens is 2. The summed E-state index contributed by atoms with van der Waals surface area (Å²) in [6.07, 6.45) is 4.00. The van der Waals surface area contributed by atoms with E-state index in [9.17, 15) is 4.79 Å². The van der Waals surface area contributed by atoms with Gasteiger partial charge in [-0.2, -0.15) is 0 Å². The van der Waals surface area contributed by atoms with Crippen LogP contribution < -0.4 is 10.6 Å². The van der Waals surface area contributed by atoms with E-state index in [1.807, 2.05) is 6.07 Å². The summed E-state index contributed by atoms with van der Waals surface area (Å²) in [5.41, 5.74) is 1.32. The molecule has 1 aromatic carbocycles. The van der Waals surface area contributed by atoms with Crippen molar-refractivity contribution in [3.8, 4) is 0 Å². The van der Waals surface area contributed by atoms with Crippen LogP contribution in [0.15, 0.2) is 28.7 Å². The van der Waals surface area contributed by atoms with E-state index >= 15 is 0 Å². The highest BCUT2D eigenvalue weighted by atomic mass is 79.9. The molecule has 130 valence electrons. The van der Waals surface area contributed by atoms with E-state index in [4.69, 9.17) is 0 Å². The lowest BCUT2D eigenvalue weighted by atomic mass is 9.92. The smallest absolute Gasteiger partial charge is 0.223 e. The molecule has 0 aromatic heterocycles. The molecule has 0 bridgehead atoms. The maximum atomic E-state index is 12.3. The lowest BCUT2D eigenvalue weighted by Gasteiger charge is -2.27. The molecule has 3 atom stereocenters. The molecule has 2 rings (SSSR count). The Hall–Kier alpha value is -0.580. The minimum atomic E-state index is 0. The number of rotatable bonds is 6. The first kappa shape index (κ1) is 20.5. The summed E-state index contributed by atoms with van der Waals surface area (Å²) < 4.78 is 1.12. The van der Waals surface area contributed by atoms with Crippen LogP contribution in [0.4, 0.5) is 0 Å². The SMILES string of the molecule is CCC(CNC(=O)[C@H]1CCN[C@@H](C)C1)Cc1cccc(Br)c1.Cl. The van der Waals surface area contributed by atoms with E-state index < -0.39 is 0 Å². The minimum Gasteiger partial charge on any atom is -0.356 e. The van der Waals surface area contributed by atoms with Gasteiger partial charge in [0.1, 0.15) is 0 Å². The first-order valence-electron chi connectivity index (χ1n) is 8.34. The van der Waals surface area contributed by atoms with Crippen LogP contribution >= 0.6 is 28.3 Å². The second-order valence-electron chi connectivity index (χ2n) is 6.43. The number of benzene rings is 1. The van der Waals surface area contributed by atoms with Crippen LogP contribution in [0.5, 0.6) is 0 Å². The molecule has 1 aromatic rings. The maximum absolute atomic E-state index is 12.3. The molecule has 1 aliphatic heterocycles. The summed E-state index contributed by atoms with van der Waals surface area (Å²) in [4.78, 5) is 12.3. The fourth-order valence-corrected chi connectivity index (χ4v) is 3.56. The van der Waals surface area contributed by atoms with Crippen molar-refractivity contribution in [2.75, 3.05) is 13.1 Å². The third kappa shape index (κ3) is 6.82. The van der Waals surface area contributed by atoms with Gasteiger partial charge in [0.05, 0.1) is 0 Å². The lowest BCUT2D eigenvalue weighted by Crippen LogP contribution is -2.43. The van der Waals surface area contributed by atoms with Gasteiger partial charge in [-0.25, -0.2) is 0 Å². The number of piperidine rings is 1. The van der Waals surface area contributed by atoms with Crippen molar-refractivity contribution in [2.24, 2.45) is 11.8 Å². The second kappa shape index (κ2) is 10.3. The van der Waals surface area contributed by atoms with Crippen LogP contribution in [0.1, 0.15) is 38.7 Å². The van der Waals surface area contributed by atoms with Gasteiger partial charge in [-0.1, -0.05) is 41.4 Å². The molecule has 1 unspecified atom stereocenters. The molecule has 0 radical (unpaired) electrons. The monoisotopic (exact) mass is 402 g/mol. The predicted octanol–water partition coefficient (Wildman–Crippen LogP) is 3.94. The number of carbonyl (C=O) groups excluding carboxylic acids is 1. The summed E-state index contributed by atoms with van der Waals surface area (Å²) in [5.74, 6) is 0.915. The maximum Gasteiger partial charge on any atom is 0.223 e. The van der Waals surface area contributed by atoms with Crippen LogP contribution in [-0.4, -0.2) is 25.0 Å². The topological polar surface area (TPSA) is 41.1 Å². The summed E-state index contributed by atoms with van der Waals surface area (Å²) >= 11 is 3.52. The summed E-state index contributed by atoms with van der Waals surface area (Å²) in [6.45, 7) is 6.08. The Morgan fingerprint density at radius 1 is 1.48 bits per heavy atom. The summed E-state index contributed by atoms with van der Waals surface area (Å²) in [7, 11) is 0. The van der Waals surface area contributed by atoms with Crippen molar-refractivity contribution in [1.82, 2.24) is 10.6 Å². The van der Waals surface area contributed by atoms with E-state index in [1.165, 1.54) is 5.56 Å². The zero-order valence-corrected chi connectivity index (χ0v) is 16.4. The van der Waals surface area contributed by atoms with Gasteiger partial charge in [0.2, 0.25) is 5.91 Å². The number of hydrogen-bond acceptors (Lipinski definition) is 2. The number of amides is 1. The lowest BCUT2D eigenvalue weighted by molar-refractivity contribution is -0.126. The normalized spacial score (nSPS) is 22.0. The first-order valence-corrected chi connectivity index (χ1v) is 9.13. The highest BCUT2D eigenvalue weighted by molar-refractivity contribution is 9.10. The van der Waals surface area contributed by atoms with E-state index in [-0.39, 0.29) is 24.2 Å². The number of hydrogen-bond donors (Lipinski definition) is 2. The van der Waals surface area contributed by atoms with Crippen LogP contribution in [0, 0.1) is 11.8 Å². The highest BCUT2D eigenvalue weighted by Gasteiger charge is 2.24. The van der Waals surface area contributed by atoms with Crippen LogP contribution in [0.25, 0.3) is 0 Å². The Balaban J connectivity index is 0.00000264. The molecular formula is C18H28BrClN2O. The molecule has 1 heterocycles. The third-order valence-electron chi connectivity index (χ3n) is 4.55.